The minimum Gasteiger partial charge on any atom is -0.492 e. The molecule has 0 saturated carbocycles. The van der Waals surface area contributed by atoms with Gasteiger partial charge in [-0.25, -0.2) is 0 Å². The quantitative estimate of drug-likeness (QED) is 0.345. The highest BCUT2D eigenvalue weighted by atomic mass is 32.2. The third-order valence-electron chi connectivity index (χ3n) is 5.15. The van der Waals surface area contributed by atoms with Crippen LogP contribution in [-0.2, 0) is 11.8 Å². The van der Waals surface area contributed by atoms with Crippen molar-refractivity contribution in [3.63, 3.8) is 0 Å². The van der Waals surface area contributed by atoms with Crippen LogP contribution in [0.1, 0.15) is 23.3 Å². The summed E-state index contributed by atoms with van der Waals surface area (Å²) in [7, 11) is 1.92. The van der Waals surface area contributed by atoms with Crippen molar-refractivity contribution >= 4 is 23.4 Å². The first-order valence-corrected chi connectivity index (χ1v) is 11.7. The molecule has 4 aromatic rings. The summed E-state index contributed by atoms with van der Waals surface area (Å²) < 4.78 is 7.60. The van der Waals surface area contributed by atoms with Gasteiger partial charge in [-0.1, -0.05) is 84.1 Å². The fourth-order valence-electron chi connectivity index (χ4n) is 3.43. The topological polar surface area (TPSA) is 69.0 Å². The van der Waals surface area contributed by atoms with Crippen molar-refractivity contribution < 1.29 is 9.53 Å². The minimum atomic E-state index is -0.519. The normalized spacial score (nSPS) is 11.7. The summed E-state index contributed by atoms with van der Waals surface area (Å²) in [6, 6.07) is 25.3. The van der Waals surface area contributed by atoms with E-state index in [-0.39, 0.29) is 5.91 Å². The van der Waals surface area contributed by atoms with Crippen molar-refractivity contribution in [2.45, 2.75) is 24.3 Å². The Labute approximate surface area is 198 Å². The molecule has 0 spiro atoms. The molecule has 1 atom stereocenters. The monoisotopic (exact) mass is 458 g/mol. The van der Waals surface area contributed by atoms with Crippen LogP contribution >= 0.6 is 11.8 Å². The highest BCUT2D eigenvalue weighted by Crippen LogP contribution is 2.37. The molecule has 0 radical (unpaired) electrons. The van der Waals surface area contributed by atoms with Crippen molar-refractivity contribution in [2.75, 3.05) is 11.9 Å². The molecule has 168 valence electrons. The first-order valence-electron chi connectivity index (χ1n) is 10.8. The molecule has 1 amide bonds. The van der Waals surface area contributed by atoms with Crippen LogP contribution in [0.15, 0.2) is 84.0 Å². The van der Waals surface area contributed by atoms with Crippen LogP contribution in [0, 0.1) is 6.92 Å². The van der Waals surface area contributed by atoms with Gasteiger partial charge in [-0.05, 0) is 31.5 Å². The number of anilines is 1. The van der Waals surface area contributed by atoms with E-state index in [4.69, 9.17) is 4.74 Å². The number of amides is 1. The number of benzene rings is 3. The highest BCUT2D eigenvalue weighted by Gasteiger charge is 2.26. The van der Waals surface area contributed by atoms with Gasteiger partial charge in [0.05, 0.1) is 12.3 Å². The molecule has 0 aliphatic rings. The zero-order valence-electron chi connectivity index (χ0n) is 18.9. The van der Waals surface area contributed by atoms with Gasteiger partial charge in [0.25, 0.3) is 0 Å². The summed E-state index contributed by atoms with van der Waals surface area (Å²) in [6.07, 6.45) is 0. The fraction of sp³-hybridized carbons (Fsp3) is 0.192. The van der Waals surface area contributed by atoms with Gasteiger partial charge in [0.2, 0.25) is 5.91 Å². The molecular weight excluding hydrogens is 432 g/mol. The lowest BCUT2D eigenvalue weighted by atomic mass is 10.1. The predicted molar refractivity (Wildman–Crippen MR) is 132 cm³/mol. The Kier molecular flexibility index (Phi) is 7.10. The number of hydrogen-bond acceptors (Lipinski definition) is 5. The number of para-hydroxylation sites is 2. The summed E-state index contributed by atoms with van der Waals surface area (Å²) in [6.45, 7) is 4.49. The van der Waals surface area contributed by atoms with Gasteiger partial charge >= 0.3 is 0 Å². The zero-order valence-corrected chi connectivity index (χ0v) is 19.7. The fourth-order valence-corrected chi connectivity index (χ4v) is 4.43. The number of nitrogens with one attached hydrogen (secondary N) is 1. The van der Waals surface area contributed by atoms with Crippen molar-refractivity contribution in [2.24, 2.45) is 7.05 Å². The van der Waals surface area contributed by atoms with Gasteiger partial charge in [-0.2, -0.15) is 0 Å². The van der Waals surface area contributed by atoms with Crippen LogP contribution in [0.25, 0.3) is 11.4 Å². The van der Waals surface area contributed by atoms with Crippen LogP contribution in [-0.4, -0.2) is 27.3 Å². The zero-order chi connectivity index (χ0) is 23.2. The standard InChI is InChI=1S/C26H26N4O2S/c1-4-32-22-13-9-8-12-21(22)27-25(31)23(19-10-6-5-7-11-19)33-26-29-28-24(30(26)3)20-16-14-18(2)15-17-20/h5-17,23H,4H2,1-3H3,(H,27,31). The number of ether oxygens (including phenoxy) is 1. The Hall–Kier alpha value is -3.58. The Balaban J connectivity index is 1.63. The van der Waals surface area contributed by atoms with E-state index in [1.807, 2.05) is 97.4 Å². The molecule has 3 aromatic carbocycles. The average molecular weight is 459 g/mol. The van der Waals surface area contributed by atoms with Gasteiger partial charge < -0.3 is 14.6 Å². The predicted octanol–water partition coefficient (Wildman–Crippen LogP) is 5.66. The molecule has 4 rings (SSSR count). The van der Waals surface area contributed by atoms with Crippen LogP contribution in [0.5, 0.6) is 5.75 Å². The van der Waals surface area contributed by atoms with E-state index in [2.05, 4.69) is 22.4 Å². The van der Waals surface area contributed by atoms with Gasteiger partial charge in [0.1, 0.15) is 11.0 Å². The number of hydrogen-bond donors (Lipinski definition) is 1. The number of thioether (sulfide) groups is 1. The van der Waals surface area contributed by atoms with Gasteiger partial charge in [-0.15, -0.1) is 10.2 Å². The number of rotatable bonds is 8. The third kappa shape index (κ3) is 5.26. The second-order valence-electron chi connectivity index (χ2n) is 7.56. The van der Waals surface area contributed by atoms with E-state index in [0.717, 1.165) is 17.0 Å². The van der Waals surface area contributed by atoms with Gasteiger partial charge in [0.15, 0.2) is 11.0 Å². The maximum Gasteiger partial charge on any atom is 0.242 e. The lowest BCUT2D eigenvalue weighted by Crippen LogP contribution is -2.20. The molecule has 1 aromatic heterocycles. The Morgan fingerprint density at radius 3 is 2.42 bits per heavy atom. The molecule has 0 aliphatic heterocycles. The summed E-state index contributed by atoms with van der Waals surface area (Å²) >= 11 is 1.37. The van der Waals surface area contributed by atoms with E-state index in [1.54, 1.807) is 0 Å². The molecule has 0 fully saturated rings. The average Bonchev–Trinajstić information content (AvgIpc) is 3.20. The van der Waals surface area contributed by atoms with E-state index in [1.165, 1.54) is 17.3 Å². The largest absolute Gasteiger partial charge is 0.492 e. The summed E-state index contributed by atoms with van der Waals surface area (Å²) in [5.41, 5.74) is 3.69. The van der Waals surface area contributed by atoms with Crippen molar-refractivity contribution in [3.05, 3.63) is 90.0 Å². The summed E-state index contributed by atoms with van der Waals surface area (Å²) in [5.74, 6) is 1.25. The maximum absolute atomic E-state index is 13.5. The van der Waals surface area contributed by atoms with Crippen LogP contribution in [0.3, 0.4) is 0 Å². The summed E-state index contributed by atoms with van der Waals surface area (Å²) in [5, 5.41) is 11.9. The first kappa shape index (κ1) is 22.6. The SMILES string of the molecule is CCOc1ccccc1NC(=O)C(Sc1nnc(-c2ccc(C)cc2)n1C)c1ccccc1. The first-order chi connectivity index (χ1) is 16.1. The Bertz CT molecular complexity index is 1220. The Morgan fingerprint density at radius 1 is 1.00 bits per heavy atom. The molecule has 33 heavy (non-hydrogen) atoms. The highest BCUT2D eigenvalue weighted by molar-refractivity contribution is 8.00. The van der Waals surface area contributed by atoms with E-state index < -0.39 is 5.25 Å². The second kappa shape index (κ2) is 10.4. The second-order valence-corrected chi connectivity index (χ2v) is 8.63. The third-order valence-corrected chi connectivity index (χ3v) is 6.44. The van der Waals surface area contributed by atoms with E-state index >= 15 is 0 Å². The molecule has 0 aliphatic carbocycles. The van der Waals surface area contributed by atoms with Crippen molar-refractivity contribution in [3.8, 4) is 17.1 Å². The van der Waals surface area contributed by atoms with E-state index in [9.17, 15) is 4.79 Å². The Morgan fingerprint density at radius 2 is 1.70 bits per heavy atom. The van der Waals surface area contributed by atoms with Crippen molar-refractivity contribution in [1.29, 1.82) is 0 Å². The molecule has 6 nitrogen and oxygen atoms in total. The summed E-state index contributed by atoms with van der Waals surface area (Å²) in [4.78, 5) is 13.5. The minimum absolute atomic E-state index is 0.154. The van der Waals surface area contributed by atoms with E-state index in [0.29, 0.717) is 23.2 Å². The van der Waals surface area contributed by atoms with Crippen molar-refractivity contribution in [1.82, 2.24) is 14.8 Å². The lowest BCUT2D eigenvalue weighted by molar-refractivity contribution is -0.115. The van der Waals surface area contributed by atoms with Crippen LogP contribution in [0.4, 0.5) is 5.69 Å². The molecule has 1 heterocycles. The molecule has 1 N–H and O–H groups in total. The molecule has 7 heteroatoms. The molecule has 0 bridgehead atoms. The number of aromatic nitrogens is 3. The van der Waals surface area contributed by atoms with Gasteiger partial charge in [-0.3, -0.25) is 4.79 Å². The molecule has 0 saturated heterocycles. The number of nitrogens with zero attached hydrogens (tertiary/aromatic N) is 3. The van der Waals surface area contributed by atoms with Gasteiger partial charge in [0, 0.05) is 12.6 Å². The maximum atomic E-state index is 13.5. The number of carbonyl (C=O) groups excluding carboxylic acids is 1. The van der Waals surface area contributed by atoms with Crippen LogP contribution in [0.2, 0.25) is 0 Å². The smallest absolute Gasteiger partial charge is 0.242 e. The molecular formula is C26H26N4O2S. The van der Waals surface area contributed by atoms with Crippen LogP contribution < -0.4 is 10.1 Å². The number of aryl methyl sites for hydroxylation is 1. The number of carbonyl (C=O) groups is 1. The lowest BCUT2D eigenvalue weighted by Gasteiger charge is -2.18. The molecule has 1 unspecified atom stereocenters.